The number of nitrogens with zero attached hydrogens (tertiary/aromatic N) is 1. The Bertz CT molecular complexity index is 1270. The summed E-state index contributed by atoms with van der Waals surface area (Å²) in [5.41, 5.74) is 3.37. The molecule has 0 aliphatic heterocycles. The molecule has 9 heteroatoms. The number of aliphatic hydroxyl groups is 1. The molecule has 3 rings (SSSR count). The molecule has 0 heterocycles. The Labute approximate surface area is 206 Å². The number of amides is 1. The largest absolute Gasteiger partial charge is 0.506 e. The van der Waals surface area contributed by atoms with Gasteiger partial charge in [0.15, 0.2) is 0 Å². The standard InChI is InChI=1S/C26H29N3O5S/c1-18(27-17-25(31)22-10-11-24(30)23(15-22)29-35(33)34)12-20-8-5-9-21(13-20)14-26(32)28-16-19-6-3-2-4-7-19/h2-11,13,15,18,25,27,30-31H,12,14,16-17H2,1H3,(H,28,32)/t18-,25+/m1/s1. The highest BCUT2D eigenvalue weighted by atomic mass is 32.2. The zero-order valence-corrected chi connectivity index (χ0v) is 20.2. The van der Waals surface area contributed by atoms with Crippen LogP contribution in [0.2, 0.25) is 0 Å². The number of carbonyl (C=O) groups excluding carboxylic acids is 1. The first-order valence-corrected chi connectivity index (χ1v) is 12.3. The molecular formula is C26H29N3O5S. The van der Waals surface area contributed by atoms with E-state index < -0.39 is 16.6 Å². The van der Waals surface area contributed by atoms with Crippen LogP contribution in [-0.4, -0.2) is 37.1 Å². The first-order valence-electron chi connectivity index (χ1n) is 11.2. The van der Waals surface area contributed by atoms with E-state index in [4.69, 9.17) is 0 Å². The van der Waals surface area contributed by atoms with Crippen molar-refractivity contribution in [2.75, 3.05) is 6.54 Å². The molecule has 35 heavy (non-hydrogen) atoms. The van der Waals surface area contributed by atoms with Gasteiger partial charge in [0.05, 0.1) is 12.5 Å². The molecule has 1 amide bonds. The Morgan fingerprint density at radius 1 is 0.971 bits per heavy atom. The van der Waals surface area contributed by atoms with E-state index in [9.17, 15) is 23.4 Å². The number of aromatic hydroxyl groups is 1. The van der Waals surface area contributed by atoms with E-state index in [-0.39, 0.29) is 29.9 Å². The molecule has 0 saturated heterocycles. The van der Waals surface area contributed by atoms with Crippen molar-refractivity contribution in [3.8, 4) is 5.75 Å². The second kappa shape index (κ2) is 12.8. The van der Waals surface area contributed by atoms with Crippen molar-refractivity contribution >= 4 is 22.1 Å². The van der Waals surface area contributed by atoms with E-state index in [0.717, 1.165) is 16.7 Å². The van der Waals surface area contributed by atoms with E-state index in [1.165, 1.54) is 18.2 Å². The third-order valence-corrected chi connectivity index (χ3v) is 5.79. The van der Waals surface area contributed by atoms with Gasteiger partial charge in [-0.15, -0.1) is 4.36 Å². The van der Waals surface area contributed by atoms with Crippen LogP contribution in [0.5, 0.6) is 5.75 Å². The van der Waals surface area contributed by atoms with Crippen LogP contribution in [-0.2, 0) is 34.7 Å². The van der Waals surface area contributed by atoms with E-state index >= 15 is 0 Å². The maximum absolute atomic E-state index is 12.3. The Hall–Kier alpha value is -3.53. The molecule has 0 aliphatic carbocycles. The lowest BCUT2D eigenvalue weighted by atomic mass is 10.0. The first-order chi connectivity index (χ1) is 16.8. The van der Waals surface area contributed by atoms with Crippen LogP contribution in [0.15, 0.2) is 77.2 Å². The molecule has 3 aromatic carbocycles. The summed E-state index contributed by atoms with van der Waals surface area (Å²) in [5, 5.41) is 26.4. The minimum atomic E-state index is -2.71. The number of hydrogen-bond donors (Lipinski definition) is 4. The molecule has 2 atom stereocenters. The van der Waals surface area contributed by atoms with Crippen LogP contribution in [0.25, 0.3) is 0 Å². The topological polar surface area (TPSA) is 128 Å². The molecule has 8 nitrogen and oxygen atoms in total. The Morgan fingerprint density at radius 2 is 1.69 bits per heavy atom. The molecule has 184 valence electrons. The van der Waals surface area contributed by atoms with Crippen molar-refractivity contribution < 1.29 is 23.4 Å². The van der Waals surface area contributed by atoms with Crippen LogP contribution >= 0.6 is 0 Å². The summed E-state index contributed by atoms with van der Waals surface area (Å²) in [7, 11) is -2.71. The van der Waals surface area contributed by atoms with Crippen molar-refractivity contribution in [2.45, 2.75) is 38.5 Å². The molecule has 0 fully saturated rings. The highest BCUT2D eigenvalue weighted by Gasteiger charge is 2.13. The molecule has 0 aromatic heterocycles. The summed E-state index contributed by atoms with van der Waals surface area (Å²) >= 11 is 0. The summed E-state index contributed by atoms with van der Waals surface area (Å²) in [6, 6.07) is 21.8. The number of benzene rings is 3. The van der Waals surface area contributed by atoms with Gasteiger partial charge in [-0.3, -0.25) is 4.79 Å². The predicted octanol–water partition coefficient (Wildman–Crippen LogP) is 3.20. The fourth-order valence-electron chi connectivity index (χ4n) is 3.67. The van der Waals surface area contributed by atoms with Crippen molar-refractivity contribution in [2.24, 2.45) is 4.36 Å². The van der Waals surface area contributed by atoms with Gasteiger partial charge in [-0.1, -0.05) is 60.7 Å². The smallest absolute Gasteiger partial charge is 0.316 e. The third kappa shape index (κ3) is 8.64. The lowest BCUT2D eigenvalue weighted by Gasteiger charge is -2.18. The molecule has 0 unspecified atom stereocenters. The number of hydrogen-bond acceptors (Lipinski definition) is 7. The van der Waals surface area contributed by atoms with Crippen molar-refractivity contribution in [1.82, 2.24) is 10.6 Å². The predicted molar refractivity (Wildman–Crippen MR) is 134 cm³/mol. The Morgan fingerprint density at radius 3 is 2.43 bits per heavy atom. The van der Waals surface area contributed by atoms with Crippen molar-refractivity contribution in [1.29, 1.82) is 0 Å². The Balaban J connectivity index is 1.50. The van der Waals surface area contributed by atoms with Gasteiger partial charge in [0.2, 0.25) is 5.91 Å². The van der Waals surface area contributed by atoms with Crippen molar-refractivity contribution in [3.63, 3.8) is 0 Å². The van der Waals surface area contributed by atoms with Crippen LogP contribution in [0.4, 0.5) is 5.69 Å². The Kier molecular flexibility index (Phi) is 9.54. The highest BCUT2D eigenvalue weighted by molar-refractivity contribution is 7.61. The van der Waals surface area contributed by atoms with Crippen LogP contribution in [0.3, 0.4) is 0 Å². The molecular weight excluding hydrogens is 466 g/mol. The number of nitrogens with one attached hydrogen (secondary N) is 2. The summed E-state index contributed by atoms with van der Waals surface area (Å²) in [6.07, 6.45) is 0.0768. The minimum Gasteiger partial charge on any atom is -0.506 e. The van der Waals surface area contributed by atoms with E-state index in [1.54, 1.807) is 0 Å². The highest BCUT2D eigenvalue weighted by Crippen LogP contribution is 2.29. The molecule has 0 radical (unpaired) electrons. The normalized spacial score (nSPS) is 12.5. The van der Waals surface area contributed by atoms with E-state index in [0.29, 0.717) is 24.9 Å². The maximum atomic E-state index is 12.3. The zero-order valence-electron chi connectivity index (χ0n) is 19.4. The molecule has 0 spiro atoms. The fraction of sp³-hybridized carbons (Fsp3) is 0.269. The zero-order chi connectivity index (χ0) is 25.2. The average Bonchev–Trinajstić information content (AvgIpc) is 2.83. The SMILES string of the molecule is C[C@H](Cc1cccc(CC(=O)NCc2ccccc2)c1)NC[C@H](O)c1ccc(O)c(N=S(=O)=O)c1. The third-order valence-electron chi connectivity index (χ3n) is 5.45. The lowest BCUT2D eigenvalue weighted by Crippen LogP contribution is -2.32. The van der Waals surface area contributed by atoms with Crippen LogP contribution < -0.4 is 10.6 Å². The number of phenolic OH excluding ortho intramolecular Hbond substituents is 1. The molecule has 4 N–H and O–H groups in total. The molecule has 3 aromatic rings. The minimum absolute atomic E-state index is 0.0298. The van der Waals surface area contributed by atoms with E-state index in [2.05, 4.69) is 15.0 Å². The summed E-state index contributed by atoms with van der Waals surface area (Å²) in [4.78, 5) is 12.3. The van der Waals surface area contributed by atoms with Gasteiger partial charge in [0.1, 0.15) is 11.4 Å². The van der Waals surface area contributed by atoms with Gasteiger partial charge in [0, 0.05) is 19.1 Å². The number of phenols is 1. The molecule has 0 saturated carbocycles. The number of aliphatic hydroxyl groups excluding tert-OH is 1. The van der Waals surface area contributed by atoms with Crippen molar-refractivity contribution in [3.05, 3.63) is 95.1 Å². The molecule has 0 aliphatic rings. The molecule has 0 bridgehead atoms. The summed E-state index contributed by atoms with van der Waals surface area (Å²) in [6.45, 7) is 2.71. The van der Waals surface area contributed by atoms with Gasteiger partial charge in [-0.25, -0.2) is 0 Å². The van der Waals surface area contributed by atoms with Gasteiger partial charge in [-0.05, 0) is 47.7 Å². The van der Waals surface area contributed by atoms with E-state index in [1.807, 2.05) is 61.5 Å². The lowest BCUT2D eigenvalue weighted by molar-refractivity contribution is -0.120. The summed E-state index contributed by atoms with van der Waals surface area (Å²) in [5.74, 6) is -0.318. The van der Waals surface area contributed by atoms with Gasteiger partial charge in [-0.2, -0.15) is 8.42 Å². The van der Waals surface area contributed by atoms with Gasteiger partial charge in [0.25, 0.3) is 0 Å². The van der Waals surface area contributed by atoms with Gasteiger partial charge >= 0.3 is 10.5 Å². The second-order valence-corrected chi connectivity index (χ2v) is 8.96. The summed E-state index contributed by atoms with van der Waals surface area (Å²) < 4.78 is 24.9. The number of carbonyl (C=O) groups is 1. The van der Waals surface area contributed by atoms with Gasteiger partial charge < -0.3 is 20.8 Å². The second-order valence-electron chi connectivity index (χ2n) is 8.34. The number of rotatable bonds is 11. The maximum Gasteiger partial charge on any atom is 0.316 e. The van der Waals surface area contributed by atoms with Crippen LogP contribution in [0.1, 0.15) is 35.3 Å². The van der Waals surface area contributed by atoms with Crippen LogP contribution in [0, 0.1) is 0 Å². The first kappa shape index (κ1) is 26.1. The average molecular weight is 496 g/mol. The monoisotopic (exact) mass is 495 g/mol. The quantitative estimate of drug-likeness (QED) is 0.323. The fourth-order valence-corrected chi connectivity index (χ4v) is 3.98.